The van der Waals surface area contributed by atoms with Crippen molar-refractivity contribution < 1.29 is 36.6 Å². The number of alkyl halides is 5. The molecule has 0 radical (unpaired) electrons. The highest BCUT2D eigenvalue weighted by molar-refractivity contribution is 5.71. The SMILES string of the molecule is N#Cc1nc(OC(F)(F)F)c(C(F)F)cc1CC(=O)O. The fourth-order valence-electron chi connectivity index (χ4n) is 1.30. The number of aromatic nitrogens is 1. The fraction of sp³-hybridized carbons (Fsp3) is 0.300. The van der Waals surface area contributed by atoms with Gasteiger partial charge >= 0.3 is 12.3 Å². The Hall–Kier alpha value is -2.44. The summed E-state index contributed by atoms with van der Waals surface area (Å²) in [5.41, 5.74) is -2.39. The maximum atomic E-state index is 12.6. The summed E-state index contributed by atoms with van der Waals surface area (Å²) in [6.45, 7) is 0. The molecule has 0 bridgehead atoms. The van der Waals surface area contributed by atoms with Crippen LogP contribution >= 0.6 is 0 Å². The molecule has 0 aromatic carbocycles. The molecule has 0 unspecified atom stereocenters. The lowest BCUT2D eigenvalue weighted by Gasteiger charge is -2.13. The van der Waals surface area contributed by atoms with Crippen LogP contribution in [0.1, 0.15) is 23.2 Å². The van der Waals surface area contributed by atoms with Crippen LogP contribution in [-0.4, -0.2) is 22.4 Å². The number of carboxylic acids is 1. The molecule has 0 aliphatic rings. The highest BCUT2D eigenvalue weighted by atomic mass is 19.4. The summed E-state index contributed by atoms with van der Waals surface area (Å²) in [5.74, 6) is -2.92. The predicted octanol–water partition coefficient (Wildman–Crippen LogP) is 2.42. The standard InChI is InChI=1S/C10H5F5N2O3/c11-8(12)5-1-4(2-7(18)19)6(3-16)17-9(5)20-10(13,14)15/h1,8H,2H2,(H,18,19). The number of hydrogen-bond acceptors (Lipinski definition) is 4. The van der Waals surface area contributed by atoms with Crippen LogP contribution in [0, 0.1) is 11.3 Å². The van der Waals surface area contributed by atoms with Crippen molar-refractivity contribution in [2.45, 2.75) is 19.2 Å². The molecular formula is C10H5F5N2O3. The van der Waals surface area contributed by atoms with E-state index in [2.05, 4.69) is 9.72 Å². The maximum Gasteiger partial charge on any atom is 0.574 e. The number of pyridine rings is 1. The van der Waals surface area contributed by atoms with E-state index in [-0.39, 0.29) is 0 Å². The number of rotatable bonds is 4. The average molecular weight is 296 g/mol. The maximum absolute atomic E-state index is 12.6. The van der Waals surface area contributed by atoms with E-state index >= 15 is 0 Å². The van der Waals surface area contributed by atoms with E-state index in [1.165, 1.54) is 6.07 Å². The van der Waals surface area contributed by atoms with Gasteiger partial charge < -0.3 is 9.84 Å². The van der Waals surface area contributed by atoms with Crippen molar-refractivity contribution in [3.8, 4) is 11.9 Å². The van der Waals surface area contributed by atoms with Gasteiger partial charge in [0.2, 0.25) is 5.88 Å². The first-order valence-corrected chi connectivity index (χ1v) is 4.83. The number of halogens is 5. The summed E-state index contributed by atoms with van der Waals surface area (Å²) in [4.78, 5) is 13.5. The third-order valence-electron chi connectivity index (χ3n) is 1.99. The molecule has 1 rings (SSSR count). The number of carboxylic acid groups (broad SMARTS) is 1. The smallest absolute Gasteiger partial charge is 0.481 e. The minimum absolute atomic E-state index is 0.426. The molecule has 1 aromatic heterocycles. The molecule has 0 aliphatic heterocycles. The lowest BCUT2D eigenvalue weighted by atomic mass is 10.1. The molecule has 0 amide bonds. The number of hydrogen-bond donors (Lipinski definition) is 1. The average Bonchev–Trinajstić information content (AvgIpc) is 2.27. The molecule has 0 atom stereocenters. The number of nitriles is 1. The third kappa shape index (κ3) is 4.04. The van der Waals surface area contributed by atoms with Gasteiger partial charge in [0, 0.05) is 5.56 Å². The highest BCUT2D eigenvalue weighted by Gasteiger charge is 2.35. The highest BCUT2D eigenvalue weighted by Crippen LogP contribution is 2.33. The van der Waals surface area contributed by atoms with Crippen LogP contribution in [0.25, 0.3) is 0 Å². The van der Waals surface area contributed by atoms with Crippen LogP contribution in [0.3, 0.4) is 0 Å². The molecule has 0 fully saturated rings. The number of carbonyl (C=O) groups is 1. The molecule has 0 spiro atoms. The summed E-state index contributed by atoms with van der Waals surface area (Å²) in [5, 5.41) is 17.2. The zero-order valence-electron chi connectivity index (χ0n) is 9.41. The van der Waals surface area contributed by atoms with Gasteiger partial charge in [-0.05, 0) is 6.07 Å². The second-order valence-corrected chi connectivity index (χ2v) is 3.42. The predicted molar refractivity (Wildman–Crippen MR) is 51.9 cm³/mol. The first kappa shape index (κ1) is 15.6. The summed E-state index contributed by atoms with van der Waals surface area (Å²) in [6, 6.07) is 1.79. The Labute approximate surface area is 108 Å². The minimum Gasteiger partial charge on any atom is -0.481 e. The van der Waals surface area contributed by atoms with Crippen LogP contribution in [0.4, 0.5) is 22.0 Å². The lowest BCUT2D eigenvalue weighted by molar-refractivity contribution is -0.276. The third-order valence-corrected chi connectivity index (χ3v) is 1.99. The monoisotopic (exact) mass is 296 g/mol. The van der Waals surface area contributed by atoms with E-state index in [1.807, 2.05) is 0 Å². The molecular weight excluding hydrogens is 291 g/mol. The lowest BCUT2D eigenvalue weighted by Crippen LogP contribution is -2.20. The Bertz CT molecular complexity index is 565. The van der Waals surface area contributed by atoms with Gasteiger partial charge in [0.15, 0.2) is 0 Å². The summed E-state index contributed by atoms with van der Waals surface area (Å²) in [7, 11) is 0. The van der Waals surface area contributed by atoms with Crippen LogP contribution in [-0.2, 0) is 11.2 Å². The number of ether oxygens (including phenoxy) is 1. The zero-order chi connectivity index (χ0) is 15.5. The van der Waals surface area contributed by atoms with E-state index in [0.29, 0.717) is 6.07 Å². The quantitative estimate of drug-likeness (QED) is 0.863. The summed E-state index contributed by atoms with van der Waals surface area (Å²) in [6.07, 6.45) is -9.47. The van der Waals surface area contributed by atoms with Crippen molar-refractivity contribution in [1.29, 1.82) is 5.26 Å². The molecule has 1 aromatic rings. The Morgan fingerprint density at radius 3 is 2.50 bits per heavy atom. The van der Waals surface area contributed by atoms with Gasteiger partial charge in [-0.1, -0.05) is 0 Å². The van der Waals surface area contributed by atoms with Gasteiger partial charge in [-0.15, -0.1) is 13.2 Å². The number of nitrogens with zero attached hydrogens (tertiary/aromatic N) is 2. The summed E-state index contributed by atoms with van der Waals surface area (Å²) >= 11 is 0. The molecule has 20 heavy (non-hydrogen) atoms. The van der Waals surface area contributed by atoms with Crippen molar-refractivity contribution in [2.24, 2.45) is 0 Å². The topological polar surface area (TPSA) is 83.2 Å². The largest absolute Gasteiger partial charge is 0.574 e. The first-order chi connectivity index (χ1) is 9.14. The van der Waals surface area contributed by atoms with Gasteiger partial charge in [-0.3, -0.25) is 4.79 Å². The Kier molecular flexibility index (Phi) is 4.44. The Balaban J connectivity index is 3.38. The van der Waals surface area contributed by atoms with E-state index in [0.717, 1.165) is 0 Å². The fourth-order valence-corrected chi connectivity index (χ4v) is 1.30. The van der Waals surface area contributed by atoms with Crippen LogP contribution in [0.15, 0.2) is 6.07 Å². The molecule has 108 valence electrons. The second-order valence-electron chi connectivity index (χ2n) is 3.42. The van der Waals surface area contributed by atoms with Crippen LogP contribution < -0.4 is 4.74 Å². The van der Waals surface area contributed by atoms with E-state index in [4.69, 9.17) is 10.4 Å². The van der Waals surface area contributed by atoms with Crippen LogP contribution in [0.5, 0.6) is 5.88 Å². The molecule has 0 saturated carbocycles. The molecule has 0 aliphatic carbocycles. The number of aliphatic carboxylic acids is 1. The van der Waals surface area contributed by atoms with E-state index in [1.54, 1.807) is 0 Å². The Morgan fingerprint density at radius 2 is 2.10 bits per heavy atom. The minimum atomic E-state index is -5.27. The van der Waals surface area contributed by atoms with Crippen molar-refractivity contribution in [2.75, 3.05) is 0 Å². The van der Waals surface area contributed by atoms with Gasteiger partial charge in [0.1, 0.15) is 11.8 Å². The van der Waals surface area contributed by atoms with Crippen molar-refractivity contribution >= 4 is 5.97 Å². The molecule has 0 saturated heterocycles. The van der Waals surface area contributed by atoms with Crippen molar-refractivity contribution in [1.82, 2.24) is 4.98 Å². The normalized spacial score (nSPS) is 11.2. The van der Waals surface area contributed by atoms with Crippen LogP contribution in [0.2, 0.25) is 0 Å². The van der Waals surface area contributed by atoms with E-state index < -0.39 is 47.9 Å². The van der Waals surface area contributed by atoms with Gasteiger partial charge in [0.25, 0.3) is 6.43 Å². The molecule has 10 heteroatoms. The molecule has 1 N–H and O–H groups in total. The first-order valence-electron chi connectivity index (χ1n) is 4.83. The summed E-state index contributed by atoms with van der Waals surface area (Å²) < 4.78 is 64.7. The second kappa shape index (κ2) is 5.68. The van der Waals surface area contributed by atoms with Gasteiger partial charge in [0.05, 0.1) is 12.0 Å². The molecule has 5 nitrogen and oxygen atoms in total. The van der Waals surface area contributed by atoms with Crippen molar-refractivity contribution in [3.63, 3.8) is 0 Å². The van der Waals surface area contributed by atoms with Crippen molar-refractivity contribution in [3.05, 3.63) is 22.9 Å². The Morgan fingerprint density at radius 1 is 1.50 bits per heavy atom. The zero-order valence-corrected chi connectivity index (χ0v) is 9.41. The molecule has 1 heterocycles. The van der Waals surface area contributed by atoms with Gasteiger partial charge in [-0.2, -0.15) is 5.26 Å². The van der Waals surface area contributed by atoms with E-state index in [9.17, 15) is 26.7 Å². The van der Waals surface area contributed by atoms with Gasteiger partial charge in [-0.25, -0.2) is 13.8 Å².